The molecule has 0 spiro atoms. The molecule has 0 fully saturated rings. The van der Waals surface area contributed by atoms with Gasteiger partial charge in [-0.3, -0.25) is 29.8 Å². The zero-order valence-corrected chi connectivity index (χ0v) is 32.5. The van der Waals surface area contributed by atoms with Gasteiger partial charge >= 0.3 is 5.97 Å². The van der Waals surface area contributed by atoms with Gasteiger partial charge in [0.2, 0.25) is 0 Å². The third-order valence-corrected chi connectivity index (χ3v) is 8.34. The number of aliphatic hydroxyl groups excluding tert-OH is 1. The summed E-state index contributed by atoms with van der Waals surface area (Å²) < 4.78 is 13.6. The number of ether oxygens (including phenoxy) is 2. The van der Waals surface area contributed by atoms with E-state index in [1.807, 2.05) is 18.2 Å². The second-order valence-corrected chi connectivity index (χ2v) is 12.2. The minimum absolute atomic E-state index is 0. The van der Waals surface area contributed by atoms with Crippen LogP contribution >= 0.6 is 0 Å². The Bertz CT molecular complexity index is 2610. The van der Waals surface area contributed by atoms with Gasteiger partial charge in [-0.05, 0) is 65.6 Å². The predicted molar refractivity (Wildman–Crippen MR) is 221 cm³/mol. The number of hydrogen-bond acceptors (Lipinski definition) is 11. The molecule has 2 heterocycles. The van der Waals surface area contributed by atoms with Crippen molar-refractivity contribution in [1.82, 2.24) is 9.13 Å². The van der Waals surface area contributed by atoms with E-state index in [-0.39, 0.29) is 43.1 Å². The Labute approximate surface area is 338 Å². The van der Waals surface area contributed by atoms with Crippen LogP contribution in [0.5, 0.6) is 11.5 Å². The summed E-state index contributed by atoms with van der Waals surface area (Å²) in [6.07, 6.45) is 2.99. The number of hydrogen-bond donors (Lipinski definition) is 2. The van der Waals surface area contributed by atoms with E-state index in [4.69, 9.17) is 24.9 Å². The van der Waals surface area contributed by atoms with Crippen molar-refractivity contribution in [1.29, 1.82) is 5.26 Å². The summed E-state index contributed by atoms with van der Waals surface area (Å²) >= 11 is 0. The second kappa shape index (κ2) is 21.4. The number of nitro groups is 2. The number of pyridine rings is 2. The molecule has 0 aliphatic carbocycles. The van der Waals surface area contributed by atoms with Crippen LogP contribution in [0.4, 0.5) is 11.4 Å². The van der Waals surface area contributed by atoms with Crippen LogP contribution in [0, 0.1) is 39.0 Å². The van der Waals surface area contributed by atoms with Gasteiger partial charge < -0.3 is 36.2 Å². The molecule has 16 nitrogen and oxygen atoms in total. The lowest BCUT2D eigenvalue weighted by Crippen LogP contribution is -2.20. The van der Waals surface area contributed by atoms with E-state index in [0.717, 1.165) is 17.2 Å². The lowest BCUT2D eigenvalue weighted by Gasteiger charge is -2.12. The molecule has 4 aromatic carbocycles. The van der Waals surface area contributed by atoms with E-state index in [0.29, 0.717) is 45.9 Å². The number of methoxy groups -OCH3 is 2. The van der Waals surface area contributed by atoms with Gasteiger partial charge in [0, 0.05) is 66.5 Å². The quantitative estimate of drug-likeness (QED) is 0.0768. The van der Waals surface area contributed by atoms with Crippen molar-refractivity contribution in [2.24, 2.45) is 0 Å². The van der Waals surface area contributed by atoms with Crippen molar-refractivity contribution < 1.29 is 34.3 Å². The number of carboxylic acid groups (broad SMARTS) is 1. The molecule has 0 aliphatic rings. The molecule has 0 unspecified atom stereocenters. The van der Waals surface area contributed by atoms with Crippen molar-refractivity contribution in [2.75, 3.05) is 20.8 Å². The number of benzene rings is 4. The van der Waals surface area contributed by atoms with Gasteiger partial charge in [0.1, 0.15) is 11.5 Å². The molecule has 59 heavy (non-hydrogen) atoms. The molecule has 0 saturated carbocycles. The topological polar surface area (TPSA) is 230 Å². The molecule has 0 bridgehead atoms. The third kappa shape index (κ3) is 12.0. The first-order valence-corrected chi connectivity index (χ1v) is 17.3. The highest BCUT2D eigenvalue weighted by Crippen LogP contribution is 2.34. The van der Waals surface area contributed by atoms with Gasteiger partial charge in [-0.2, -0.15) is 5.26 Å². The molecule has 0 aliphatic heterocycles. The van der Waals surface area contributed by atoms with Gasteiger partial charge in [-0.25, -0.2) is 4.79 Å². The zero-order valence-electron chi connectivity index (χ0n) is 32.5. The molecule has 0 saturated heterocycles. The molecule has 6 rings (SSSR count). The van der Waals surface area contributed by atoms with Crippen LogP contribution in [0.3, 0.4) is 0 Å². The van der Waals surface area contributed by atoms with Crippen LogP contribution in [-0.4, -0.2) is 56.0 Å². The van der Waals surface area contributed by atoms with E-state index in [9.17, 15) is 34.6 Å². The number of nitro benzene ring substituents is 2. The average Bonchev–Trinajstić information content (AvgIpc) is 3.22. The molecule has 6 aromatic rings. The number of aliphatic hydroxyl groups is 1. The van der Waals surface area contributed by atoms with Crippen molar-refractivity contribution in [3.8, 4) is 39.8 Å². The van der Waals surface area contributed by atoms with Crippen LogP contribution in [0.15, 0.2) is 131 Å². The van der Waals surface area contributed by atoms with Crippen LogP contribution in [-0.2, 0) is 13.1 Å². The highest BCUT2D eigenvalue weighted by molar-refractivity contribution is 5.87. The number of rotatable bonds is 11. The summed E-state index contributed by atoms with van der Waals surface area (Å²) in [5, 5.41) is 47.5. The standard InChI is InChI=1S/C20H15N3O4.C20H16N2O6.C2H6O.CH3/c1-27-19-6-5-15(13-22-8-7-14(12-21)10-20(22)24)9-18(19)16-3-2-4-17(11-16)23(25)26;1-28-18-6-5-13(12-21-8-7-15(20(24)25)11-19(21)23)9-17(18)14-3-2-4-16(10-14)22(26)27;1-2-3;/h2-11H,13H2,1H3;2-11H,12H2,1H3,(H,24,25);3H,2H2,1H3;1H3/q;;;-1. The monoisotopic (exact) mass is 802 g/mol. The Morgan fingerprint density at radius 2 is 1.15 bits per heavy atom. The van der Waals surface area contributed by atoms with Crippen LogP contribution in [0.2, 0.25) is 0 Å². The van der Waals surface area contributed by atoms with Crippen LogP contribution in [0.1, 0.15) is 34.0 Å². The van der Waals surface area contributed by atoms with E-state index >= 15 is 0 Å². The van der Waals surface area contributed by atoms with Gasteiger partial charge in [0.25, 0.3) is 22.5 Å². The first-order chi connectivity index (χ1) is 27.8. The molecule has 16 heteroatoms. The summed E-state index contributed by atoms with van der Waals surface area (Å²) in [4.78, 5) is 56.4. The summed E-state index contributed by atoms with van der Waals surface area (Å²) in [6.45, 7) is 2.45. The summed E-state index contributed by atoms with van der Waals surface area (Å²) in [6, 6.07) is 30.4. The molecular formula is C43H40N5O11-. The second-order valence-electron chi connectivity index (χ2n) is 12.2. The van der Waals surface area contributed by atoms with Crippen LogP contribution < -0.4 is 20.6 Å². The summed E-state index contributed by atoms with van der Waals surface area (Å²) in [5.41, 5.74) is 3.66. The normalized spacial score (nSPS) is 9.95. The summed E-state index contributed by atoms with van der Waals surface area (Å²) in [5.74, 6) is -0.0501. The Kier molecular flexibility index (Phi) is 16.5. The first-order valence-electron chi connectivity index (χ1n) is 17.3. The van der Waals surface area contributed by atoms with Crippen LogP contribution in [0.25, 0.3) is 22.3 Å². The Balaban J connectivity index is 0.000000291. The van der Waals surface area contributed by atoms with Gasteiger partial charge in [-0.1, -0.05) is 36.4 Å². The number of aromatic carboxylic acids is 1. The van der Waals surface area contributed by atoms with Crippen molar-refractivity contribution >= 4 is 17.3 Å². The number of nitriles is 1. The molecule has 304 valence electrons. The third-order valence-electron chi connectivity index (χ3n) is 8.34. The smallest absolute Gasteiger partial charge is 0.335 e. The molecular weight excluding hydrogens is 762 g/mol. The number of aromatic nitrogens is 2. The van der Waals surface area contributed by atoms with E-state index in [1.165, 1.54) is 65.9 Å². The number of non-ortho nitro benzene ring substituents is 2. The average molecular weight is 803 g/mol. The lowest BCUT2D eigenvalue weighted by molar-refractivity contribution is -0.385. The van der Waals surface area contributed by atoms with Crippen molar-refractivity contribution in [3.63, 3.8) is 0 Å². The SMILES string of the molecule is CCO.COc1ccc(Cn2ccc(C#N)cc2=O)cc1-c1cccc([N+](=O)[O-])c1.COc1ccc(Cn2ccc(C(=O)O)cc2=O)cc1-c1cccc([N+](=O)[O-])c1.[CH3-]. The summed E-state index contributed by atoms with van der Waals surface area (Å²) in [7, 11) is 3.03. The van der Waals surface area contributed by atoms with Crippen molar-refractivity contribution in [3.05, 3.63) is 192 Å². The Morgan fingerprint density at radius 3 is 1.53 bits per heavy atom. The van der Waals surface area contributed by atoms with Gasteiger partial charge in [-0.15, -0.1) is 0 Å². The number of carbonyl (C=O) groups is 1. The Morgan fingerprint density at radius 1 is 0.712 bits per heavy atom. The highest BCUT2D eigenvalue weighted by Gasteiger charge is 2.14. The first kappa shape index (κ1) is 45.5. The maximum absolute atomic E-state index is 12.1. The number of nitrogens with zero attached hydrogens (tertiary/aromatic N) is 5. The maximum Gasteiger partial charge on any atom is 0.335 e. The maximum atomic E-state index is 12.1. The van der Waals surface area contributed by atoms with E-state index < -0.39 is 21.4 Å². The molecule has 0 amide bonds. The fraction of sp³-hybridized carbons (Fsp3) is 0.140. The largest absolute Gasteiger partial charge is 0.496 e. The van der Waals surface area contributed by atoms with Gasteiger partial charge in [0.05, 0.1) is 54.4 Å². The molecule has 2 aromatic heterocycles. The minimum Gasteiger partial charge on any atom is -0.496 e. The minimum atomic E-state index is -1.17. The molecule has 2 N–H and O–H groups in total. The van der Waals surface area contributed by atoms with Crippen molar-refractivity contribution in [2.45, 2.75) is 20.0 Å². The van der Waals surface area contributed by atoms with E-state index in [2.05, 4.69) is 0 Å². The zero-order chi connectivity index (χ0) is 42.4. The van der Waals surface area contributed by atoms with Gasteiger partial charge in [0.15, 0.2) is 0 Å². The Hall–Kier alpha value is -7.90. The highest BCUT2D eigenvalue weighted by atomic mass is 16.6. The molecule has 0 radical (unpaired) electrons. The molecule has 0 atom stereocenters. The van der Waals surface area contributed by atoms with E-state index in [1.54, 1.807) is 67.7 Å². The fourth-order valence-corrected chi connectivity index (χ4v) is 5.60. The number of carboxylic acids is 1. The predicted octanol–water partition coefficient (Wildman–Crippen LogP) is 6.98. The fourth-order valence-electron chi connectivity index (χ4n) is 5.60. The lowest BCUT2D eigenvalue weighted by atomic mass is 10.0.